The van der Waals surface area contributed by atoms with Crippen LogP contribution in [0, 0.1) is 12.3 Å². The minimum absolute atomic E-state index is 0.208. The summed E-state index contributed by atoms with van der Waals surface area (Å²) in [5.41, 5.74) is 7.33. The van der Waals surface area contributed by atoms with E-state index < -0.39 is 6.10 Å². The number of aliphatic hydroxyl groups is 1. The van der Waals surface area contributed by atoms with Crippen LogP contribution in [0.2, 0.25) is 5.02 Å². The fraction of sp³-hybridized carbons (Fsp3) is 0.615. The Hall–Kier alpha value is -0.800. The summed E-state index contributed by atoms with van der Waals surface area (Å²) >= 11 is 5.92. The Kier molecular flexibility index (Phi) is 4.39. The van der Waals surface area contributed by atoms with Crippen molar-refractivity contribution in [3.8, 4) is 0 Å². The zero-order valence-electron chi connectivity index (χ0n) is 10.9. The van der Waals surface area contributed by atoms with Crippen molar-refractivity contribution in [2.75, 3.05) is 5.73 Å². The number of aliphatic hydroxyl groups excluding tert-OH is 1. The van der Waals surface area contributed by atoms with Crippen LogP contribution in [-0.2, 0) is 0 Å². The first-order valence-electron chi connectivity index (χ1n) is 5.81. The largest absolute Gasteiger partial charge is 0.388 e. The van der Waals surface area contributed by atoms with Crippen LogP contribution in [0.3, 0.4) is 0 Å². The molecule has 0 amide bonds. The van der Waals surface area contributed by atoms with Gasteiger partial charge in [-0.1, -0.05) is 32.4 Å². The van der Waals surface area contributed by atoms with Crippen molar-refractivity contribution in [1.29, 1.82) is 0 Å². The van der Waals surface area contributed by atoms with E-state index in [0.717, 1.165) is 17.7 Å². The molecule has 0 aromatic carbocycles. The van der Waals surface area contributed by atoms with Gasteiger partial charge in [0.25, 0.3) is 0 Å². The monoisotopic (exact) mass is 256 g/mol. The van der Waals surface area contributed by atoms with E-state index in [1.54, 1.807) is 6.07 Å². The quantitative estimate of drug-likeness (QED) is 0.870. The first kappa shape index (κ1) is 14.3. The smallest absolute Gasteiger partial charge is 0.142 e. The van der Waals surface area contributed by atoms with E-state index in [1.807, 2.05) is 6.92 Å². The number of aryl methyl sites for hydroxylation is 1. The van der Waals surface area contributed by atoms with Gasteiger partial charge >= 0.3 is 0 Å². The number of halogens is 1. The van der Waals surface area contributed by atoms with Crippen LogP contribution in [0.15, 0.2) is 6.07 Å². The molecule has 0 bridgehead atoms. The van der Waals surface area contributed by atoms with Crippen molar-refractivity contribution in [2.24, 2.45) is 5.41 Å². The van der Waals surface area contributed by atoms with Gasteiger partial charge in [-0.15, -0.1) is 0 Å². The molecule has 0 spiro atoms. The molecule has 1 aromatic rings. The summed E-state index contributed by atoms with van der Waals surface area (Å²) in [7, 11) is 0. The number of aromatic nitrogens is 1. The molecule has 1 atom stereocenters. The third-order valence-electron chi connectivity index (χ3n) is 2.76. The number of nitrogens with two attached hydrogens (primary N) is 1. The van der Waals surface area contributed by atoms with Crippen LogP contribution in [0.4, 0.5) is 5.82 Å². The zero-order chi connectivity index (χ0) is 13.2. The minimum atomic E-state index is -0.528. The second-order valence-corrected chi connectivity index (χ2v) is 6.05. The van der Waals surface area contributed by atoms with E-state index >= 15 is 0 Å². The number of hydrogen-bond acceptors (Lipinski definition) is 3. The average Bonchev–Trinajstić information content (AvgIpc) is 2.19. The van der Waals surface area contributed by atoms with Gasteiger partial charge in [-0.05, 0) is 31.2 Å². The van der Waals surface area contributed by atoms with Crippen LogP contribution in [0.1, 0.15) is 51.0 Å². The maximum absolute atomic E-state index is 10.1. The molecule has 0 saturated carbocycles. The molecule has 0 unspecified atom stereocenters. The molecule has 17 heavy (non-hydrogen) atoms. The van der Waals surface area contributed by atoms with Gasteiger partial charge in [0.05, 0.1) is 11.1 Å². The molecule has 0 aliphatic heterocycles. The molecule has 0 fully saturated rings. The molecule has 1 rings (SSSR count). The third-order valence-corrected chi connectivity index (χ3v) is 3.06. The molecular weight excluding hydrogens is 236 g/mol. The van der Waals surface area contributed by atoms with Crippen molar-refractivity contribution in [3.05, 3.63) is 22.3 Å². The Balaban J connectivity index is 2.82. The molecule has 3 N–H and O–H groups in total. The van der Waals surface area contributed by atoms with E-state index in [4.69, 9.17) is 17.3 Å². The lowest BCUT2D eigenvalue weighted by Gasteiger charge is -2.21. The lowest BCUT2D eigenvalue weighted by atomic mass is 9.88. The normalized spacial score (nSPS) is 13.8. The lowest BCUT2D eigenvalue weighted by molar-refractivity contribution is 0.146. The second-order valence-electron chi connectivity index (χ2n) is 5.65. The summed E-state index contributed by atoms with van der Waals surface area (Å²) in [5, 5.41) is 10.5. The lowest BCUT2D eigenvalue weighted by Crippen LogP contribution is -2.10. The summed E-state index contributed by atoms with van der Waals surface area (Å²) in [6, 6.07) is 1.71. The molecule has 0 aliphatic carbocycles. The van der Waals surface area contributed by atoms with Gasteiger partial charge in [-0.2, -0.15) is 0 Å². The highest BCUT2D eigenvalue weighted by atomic mass is 35.5. The first-order chi connectivity index (χ1) is 7.70. The van der Waals surface area contributed by atoms with Gasteiger partial charge in [0.15, 0.2) is 0 Å². The first-order valence-corrected chi connectivity index (χ1v) is 6.19. The van der Waals surface area contributed by atoms with E-state index in [1.165, 1.54) is 0 Å². The fourth-order valence-electron chi connectivity index (χ4n) is 1.68. The van der Waals surface area contributed by atoms with E-state index in [0.29, 0.717) is 17.3 Å². The molecule has 96 valence electrons. The summed E-state index contributed by atoms with van der Waals surface area (Å²) in [4.78, 5) is 4.12. The van der Waals surface area contributed by atoms with Crippen molar-refractivity contribution in [2.45, 2.75) is 46.6 Å². The number of pyridine rings is 1. The minimum Gasteiger partial charge on any atom is -0.388 e. The highest BCUT2D eigenvalue weighted by Crippen LogP contribution is 2.30. The van der Waals surface area contributed by atoms with Crippen LogP contribution < -0.4 is 5.73 Å². The number of nitrogens with zero attached hydrogens (tertiary/aromatic N) is 1. The van der Waals surface area contributed by atoms with Crippen molar-refractivity contribution in [3.63, 3.8) is 0 Å². The SMILES string of the molecule is Cc1nc(N)c(Cl)cc1[C@@H](O)CCC(C)(C)C. The fourth-order valence-corrected chi connectivity index (χ4v) is 1.84. The summed E-state index contributed by atoms with van der Waals surface area (Å²) in [6.45, 7) is 8.30. The number of hydrogen-bond donors (Lipinski definition) is 2. The Morgan fingerprint density at radius 2 is 2.06 bits per heavy atom. The Labute approximate surface area is 108 Å². The average molecular weight is 257 g/mol. The van der Waals surface area contributed by atoms with Gasteiger partial charge < -0.3 is 10.8 Å². The van der Waals surface area contributed by atoms with Crippen LogP contribution in [0.25, 0.3) is 0 Å². The van der Waals surface area contributed by atoms with E-state index in [-0.39, 0.29) is 5.41 Å². The number of rotatable bonds is 3. The van der Waals surface area contributed by atoms with Gasteiger partial charge in [-0.3, -0.25) is 0 Å². The molecule has 3 nitrogen and oxygen atoms in total. The maximum Gasteiger partial charge on any atom is 0.142 e. The maximum atomic E-state index is 10.1. The number of nitrogen functional groups attached to an aromatic ring is 1. The van der Waals surface area contributed by atoms with Crippen LogP contribution in [0.5, 0.6) is 0 Å². The molecule has 4 heteroatoms. The van der Waals surface area contributed by atoms with Gasteiger partial charge in [0.2, 0.25) is 0 Å². The van der Waals surface area contributed by atoms with Gasteiger partial charge in [-0.25, -0.2) is 4.98 Å². The third kappa shape index (κ3) is 4.17. The molecular formula is C13H21ClN2O. The van der Waals surface area contributed by atoms with Crippen LogP contribution >= 0.6 is 11.6 Å². The van der Waals surface area contributed by atoms with Gasteiger partial charge in [0, 0.05) is 11.3 Å². The van der Waals surface area contributed by atoms with Gasteiger partial charge in [0.1, 0.15) is 5.82 Å². The highest BCUT2D eigenvalue weighted by Gasteiger charge is 2.17. The zero-order valence-corrected chi connectivity index (χ0v) is 11.7. The molecule has 0 radical (unpaired) electrons. The highest BCUT2D eigenvalue weighted by molar-refractivity contribution is 6.32. The Morgan fingerprint density at radius 3 is 2.59 bits per heavy atom. The summed E-state index contributed by atoms with van der Waals surface area (Å²) < 4.78 is 0. The predicted octanol–water partition coefficient (Wildman–Crippen LogP) is 3.49. The Bertz CT molecular complexity index is 399. The second kappa shape index (κ2) is 5.23. The van der Waals surface area contributed by atoms with Crippen molar-refractivity contribution < 1.29 is 5.11 Å². The summed E-state index contributed by atoms with van der Waals surface area (Å²) in [5.74, 6) is 0.316. The number of anilines is 1. The molecule has 1 heterocycles. The topological polar surface area (TPSA) is 59.1 Å². The van der Waals surface area contributed by atoms with Crippen molar-refractivity contribution in [1.82, 2.24) is 4.98 Å². The van der Waals surface area contributed by atoms with E-state index in [9.17, 15) is 5.11 Å². The molecule has 0 saturated heterocycles. The van der Waals surface area contributed by atoms with Crippen molar-refractivity contribution >= 4 is 17.4 Å². The molecule has 1 aromatic heterocycles. The standard InChI is InChI=1S/C13H21ClN2O/c1-8-9(7-10(14)12(15)16-8)11(17)5-6-13(2,3)4/h7,11,17H,5-6H2,1-4H3,(H2,15,16)/t11-/m0/s1. The molecule has 0 aliphatic rings. The van der Waals surface area contributed by atoms with E-state index in [2.05, 4.69) is 25.8 Å². The summed E-state index contributed by atoms with van der Waals surface area (Å²) in [6.07, 6.45) is 1.11. The Morgan fingerprint density at radius 1 is 1.47 bits per heavy atom. The van der Waals surface area contributed by atoms with Crippen LogP contribution in [-0.4, -0.2) is 10.1 Å². The predicted molar refractivity (Wildman–Crippen MR) is 72.0 cm³/mol.